The zero-order valence-corrected chi connectivity index (χ0v) is 9.41. The van der Waals surface area contributed by atoms with Crippen LogP contribution in [-0.2, 0) is 16.2 Å². The van der Waals surface area contributed by atoms with Crippen LogP contribution in [0, 0.1) is 13.8 Å². The molecule has 0 spiro atoms. The summed E-state index contributed by atoms with van der Waals surface area (Å²) in [6.07, 6.45) is -4.49. The highest BCUT2D eigenvalue weighted by Crippen LogP contribution is 2.34. The fourth-order valence-electron chi connectivity index (χ4n) is 1.41. The third-order valence-corrected chi connectivity index (χ3v) is 3.40. The van der Waals surface area contributed by atoms with E-state index in [-0.39, 0.29) is 16.0 Å². The highest BCUT2D eigenvalue weighted by Gasteiger charge is 2.33. The van der Waals surface area contributed by atoms with Gasteiger partial charge in [0.2, 0.25) is 10.0 Å². The molecule has 1 aromatic rings. The molecule has 0 bridgehead atoms. The fraction of sp³-hybridized carbons (Fsp3) is 0.333. The van der Waals surface area contributed by atoms with Crippen LogP contribution in [0.3, 0.4) is 0 Å². The average Bonchev–Trinajstić information content (AvgIpc) is 2.05. The molecule has 0 aliphatic carbocycles. The maximum absolute atomic E-state index is 12.5. The molecule has 0 radical (unpaired) electrons. The molecule has 0 aromatic heterocycles. The highest BCUT2D eigenvalue weighted by molar-refractivity contribution is 7.89. The van der Waals surface area contributed by atoms with Gasteiger partial charge in [0, 0.05) is 0 Å². The molecule has 0 aliphatic rings. The number of sulfonamides is 1. The molecule has 1 rings (SSSR count). The van der Waals surface area contributed by atoms with Crippen LogP contribution in [0.15, 0.2) is 17.0 Å². The molecule has 16 heavy (non-hydrogen) atoms. The Hall–Kier alpha value is -1.08. The van der Waals surface area contributed by atoms with Gasteiger partial charge in [-0.2, -0.15) is 13.2 Å². The minimum Gasteiger partial charge on any atom is -0.225 e. The lowest BCUT2D eigenvalue weighted by Crippen LogP contribution is -2.16. The first-order chi connectivity index (χ1) is 7.05. The fourth-order valence-corrected chi connectivity index (χ4v) is 2.25. The number of rotatable bonds is 1. The third-order valence-electron chi connectivity index (χ3n) is 2.35. The molecule has 0 atom stereocenters. The van der Waals surface area contributed by atoms with E-state index in [4.69, 9.17) is 5.14 Å². The molecule has 1 aromatic carbocycles. The van der Waals surface area contributed by atoms with E-state index in [1.54, 1.807) is 0 Å². The van der Waals surface area contributed by atoms with E-state index in [1.807, 2.05) is 0 Å². The van der Waals surface area contributed by atoms with E-state index in [1.165, 1.54) is 13.8 Å². The molecular formula is C9H10F3NO2S. The van der Waals surface area contributed by atoms with E-state index in [9.17, 15) is 21.6 Å². The number of primary sulfonamides is 1. The lowest BCUT2D eigenvalue weighted by Gasteiger charge is -2.14. The molecule has 0 heterocycles. The highest BCUT2D eigenvalue weighted by atomic mass is 32.2. The summed E-state index contributed by atoms with van der Waals surface area (Å²) in [4.78, 5) is -0.280. The minimum absolute atomic E-state index is 0.0253. The maximum Gasteiger partial charge on any atom is 0.416 e. The molecule has 0 amide bonds. The smallest absolute Gasteiger partial charge is 0.225 e. The number of halogens is 3. The molecule has 0 saturated heterocycles. The van der Waals surface area contributed by atoms with Crippen molar-refractivity contribution in [2.45, 2.75) is 24.9 Å². The van der Waals surface area contributed by atoms with Crippen molar-refractivity contribution in [3.05, 3.63) is 28.8 Å². The van der Waals surface area contributed by atoms with Gasteiger partial charge >= 0.3 is 6.18 Å². The first-order valence-electron chi connectivity index (χ1n) is 4.25. The number of hydrogen-bond donors (Lipinski definition) is 1. The van der Waals surface area contributed by atoms with Crippen molar-refractivity contribution < 1.29 is 21.6 Å². The lowest BCUT2D eigenvalue weighted by molar-refractivity contribution is -0.138. The van der Waals surface area contributed by atoms with Crippen molar-refractivity contribution in [1.29, 1.82) is 0 Å². The summed E-state index contributed by atoms with van der Waals surface area (Å²) in [5.74, 6) is 0. The number of nitrogens with two attached hydrogens (primary N) is 1. The van der Waals surface area contributed by atoms with Crippen molar-refractivity contribution in [2.75, 3.05) is 0 Å². The van der Waals surface area contributed by atoms with Gasteiger partial charge in [0.1, 0.15) is 0 Å². The summed E-state index contributed by atoms with van der Waals surface area (Å²) < 4.78 is 59.6. The van der Waals surface area contributed by atoms with E-state index in [2.05, 4.69) is 0 Å². The molecule has 0 unspecified atom stereocenters. The summed E-state index contributed by atoms with van der Waals surface area (Å²) in [6, 6.07) is 1.60. The second-order valence-corrected chi connectivity index (χ2v) is 4.93. The van der Waals surface area contributed by atoms with Gasteiger partial charge in [0.15, 0.2) is 0 Å². The summed E-state index contributed by atoms with van der Waals surface area (Å²) in [5.41, 5.74) is -0.950. The molecule has 2 N–H and O–H groups in total. The Kier molecular flexibility index (Phi) is 3.04. The Morgan fingerprint density at radius 1 is 1.12 bits per heavy atom. The Morgan fingerprint density at radius 2 is 1.62 bits per heavy atom. The monoisotopic (exact) mass is 253 g/mol. The number of benzene rings is 1. The molecule has 0 aliphatic heterocycles. The van der Waals surface area contributed by atoms with Crippen LogP contribution in [0.25, 0.3) is 0 Å². The average molecular weight is 253 g/mol. The van der Waals surface area contributed by atoms with E-state index in [0.717, 1.165) is 12.1 Å². The predicted molar refractivity (Wildman–Crippen MR) is 52.3 cm³/mol. The first kappa shape index (κ1) is 13.0. The summed E-state index contributed by atoms with van der Waals surface area (Å²) in [5, 5.41) is 4.88. The number of hydrogen-bond acceptors (Lipinski definition) is 2. The van der Waals surface area contributed by atoms with Gasteiger partial charge in [-0.15, -0.1) is 0 Å². The minimum atomic E-state index is -4.49. The van der Waals surface area contributed by atoms with Gasteiger partial charge in [0.25, 0.3) is 0 Å². The molecular weight excluding hydrogens is 243 g/mol. The summed E-state index contributed by atoms with van der Waals surface area (Å²) in [7, 11) is -3.99. The topological polar surface area (TPSA) is 60.2 Å². The standard InChI is InChI=1S/C9H10F3NO2S/c1-5-6(2)8(16(13,14)15)4-3-7(5)9(10,11)12/h3-4H,1-2H3,(H2,13,14,15). The van der Waals surface area contributed by atoms with E-state index >= 15 is 0 Å². The third kappa shape index (κ3) is 2.35. The molecule has 90 valence electrons. The zero-order chi connectivity index (χ0) is 12.7. The van der Waals surface area contributed by atoms with Crippen molar-refractivity contribution in [3.63, 3.8) is 0 Å². The Labute approximate surface area is 91.1 Å². The quantitative estimate of drug-likeness (QED) is 0.831. The molecule has 7 heteroatoms. The zero-order valence-electron chi connectivity index (χ0n) is 8.59. The predicted octanol–water partition coefficient (Wildman–Crippen LogP) is 1.97. The van der Waals surface area contributed by atoms with E-state index < -0.39 is 21.8 Å². The first-order valence-corrected chi connectivity index (χ1v) is 5.80. The second kappa shape index (κ2) is 3.74. The van der Waals surface area contributed by atoms with Gasteiger partial charge in [-0.1, -0.05) is 0 Å². The van der Waals surface area contributed by atoms with Crippen molar-refractivity contribution in [3.8, 4) is 0 Å². The Balaban J connectivity index is 3.54. The lowest BCUT2D eigenvalue weighted by atomic mass is 10.0. The van der Waals surface area contributed by atoms with Crippen LogP contribution in [0.5, 0.6) is 0 Å². The van der Waals surface area contributed by atoms with Crippen molar-refractivity contribution in [2.24, 2.45) is 5.14 Å². The van der Waals surface area contributed by atoms with Gasteiger partial charge < -0.3 is 0 Å². The maximum atomic E-state index is 12.5. The molecule has 0 fully saturated rings. The van der Waals surface area contributed by atoms with Crippen LogP contribution in [0.2, 0.25) is 0 Å². The van der Waals surface area contributed by atoms with Crippen molar-refractivity contribution >= 4 is 10.0 Å². The molecule has 0 saturated carbocycles. The van der Waals surface area contributed by atoms with Crippen LogP contribution in [-0.4, -0.2) is 8.42 Å². The SMILES string of the molecule is Cc1c(C(F)(F)F)ccc(S(N)(=O)=O)c1C. The summed E-state index contributed by atoms with van der Waals surface area (Å²) in [6.45, 7) is 2.51. The van der Waals surface area contributed by atoms with Crippen LogP contribution < -0.4 is 5.14 Å². The van der Waals surface area contributed by atoms with Crippen molar-refractivity contribution in [1.82, 2.24) is 0 Å². The van der Waals surface area contributed by atoms with Crippen LogP contribution in [0.4, 0.5) is 13.2 Å². The normalized spacial score (nSPS) is 12.9. The second-order valence-electron chi connectivity index (χ2n) is 3.40. The van der Waals surface area contributed by atoms with Gasteiger partial charge in [-0.05, 0) is 37.1 Å². The van der Waals surface area contributed by atoms with Crippen LogP contribution in [0.1, 0.15) is 16.7 Å². The van der Waals surface area contributed by atoms with E-state index in [0.29, 0.717) is 0 Å². The van der Waals surface area contributed by atoms with Gasteiger partial charge in [-0.3, -0.25) is 0 Å². The Morgan fingerprint density at radius 3 is 2.00 bits per heavy atom. The summed E-state index contributed by atoms with van der Waals surface area (Å²) >= 11 is 0. The molecule has 3 nitrogen and oxygen atoms in total. The largest absolute Gasteiger partial charge is 0.416 e. The van der Waals surface area contributed by atoms with Crippen LogP contribution >= 0.6 is 0 Å². The van der Waals surface area contributed by atoms with Gasteiger partial charge in [0.05, 0.1) is 10.5 Å². The van der Waals surface area contributed by atoms with Gasteiger partial charge in [-0.25, -0.2) is 13.6 Å². The number of alkyl halides is 3. The Bertz CT molecular complexity index is 520.